The molecule has 0 atom stereocenters. The molecule has 0 radical (unpaired) electrons. The Morgan fingerprint density at radius 2 is 2.05 bits per heavy atom. The molecule has 0 aliphatic carbocycles. The fourth-order valence-corrected chi connectivity index (χ4v) is 3.17. The summed E-state index contributed by atoms with van der Waals surface area (Å²) in [4.78, 5) is 23.8. The molecule has 8 heteroatoms. The molecule has 0 bridgehead atoms. The van der Waals surface area contributed by atoms with Crippen LogP contribution >= 0.6 is 33.9 Å². The quantitative estimate of drug-likeness (QED) is 0.690. The lowest BCUT2D eigenvalue weighted by Crippen LogP contribution is -2.33. The van der Waals surface area contributed by atoms with Crippen molar-refractivity contribution in [3.05, 3.63) is 38.4 Å². The summed E-state index contributed by atoms with van der Waals surface area (Å²) >= 11 is 3.43. The number of nitrogens with one attached hydrogen (secondary N) is 2. The highest BCUT2D eigenvalue weighted by Gasteiger charge is 2.12. The molecule has 1 aromatic carbocycles. The Hall–Kier alpha value is -1.55. The monoisotopic (exact) mass is 430 g/mol. The van der Waals surface area contributed by atoms with Crippen LogP contribution in [0.4, 0.5) is 5.13 Å². The summed E-state index contributed by atoms with van der Waals surface area (Å²) in [7, 11) is 0. The summed E-state index contributed by atoms with van der Waals surface area (Å²) in [5.41, 5.74) is 0.553. The van der Waals surface area contributed by atoms with Gasteiger partial charge in [0.05, 0.1) is 12.1 Å². The number of halogens is 1. The molecule has 0 spiro atoms. The van der Waals surface area contributed by atoms with E-state index in [1.54, 1.807) is 12.1 Å². The summed E-state index contributed by atoms with van der Waals surface area (Å²) in [6, 6.07) is 7.20. The molecule has 116 valence electrons. The molecular formula is C14H15IN4O2S. The van der Waals surface area contributed by atoms with Crippen molar-refractivity contribution in [1.29, 1.82) is 0 Å². The first-order valence-corrected chi connectivity index (χ1v) is 8.64. The minimum Gasteiger partial charge on any atom is -0.343 e. The lowest BCUT2D eigenvalue weighted by Gasteiger charge is -2.06. The van der Waals surface area contributed by atoms with Crippen LogP contribution in [0.15, 0.2) is 24.3 Å². The predicted molar refractivity (Wildman–Crippen MR) is 94.0 cm³/mol. The average molecular weight is 430 g/mol. The minimum absolute atomic E-state index is 0.105. The minimum atomic E-state index is -0.321. The van der Waals surface area contributed by atoms with Gasteiger partial charge in [0.25, 0.3) is 5.91 Å². The number of carbonyl (C=O) groups excluding carboxylic acids is 2. The van der Waals surface area contributed by atoms with Crippen LogP contribution in [-0.4, -0.2) is 28.6 Å². The molecule has 0 aliphatic heterocycles. The van der Waals surface area contributed by atoms with Crippen LogP contribution < -0.4 is 10.6 Å². The normalized spacial score (nSPS) is 10.3. The zero-order chi connectivity index (χ0) is 15.9. The molecule has 2 amide bonds. The number of nitrogens with zero attached hydrogens (tertiary/aromatic N) is 2. The number of anilines is 1. The van der Waals surface area contributed by atoms with Gasteiger partial charge in [0, 0.05) is 9.99 Å². The van der Waals surface area contributed by atoms with Gasteiger partial charge in [0.1, 0.15) is 5.01 Å². The molecule has 22 heavy (non-hydrogen) atoms. The van der Waals surface area contributed by atoms with E-state index in [-0.39, 0.29) is 18.4 Å². The summed E-state index contributed by atoms with van der Waals surface area (Å²) in [6.45, 7) is 1.95. The first-order chi connectivity index (χ1) is 10.6. The molecule has 1 aromatic heterocycles. The highest BCUT2D eigenvalue weighted by Crippen LogP contribution is 2.16. The standard InChI is InChI=1S/C14H15IN4O2S/c1-2-5-12-18-19-14(22-12)17-11(20)8-16-13(21)9-6-3-4-7-10(9)15/h3-4,6-7H,2,5,8H2,1H3,(H,16,21)(H,17,19,20). The Labute approximate surface area is 145 Å². The van der Waals surface area contributed by atoms with E-state index in [9.17, 15) is 9.59 Å². The third kappa shape index (κ3) is 4.73. The molecule has 2 rings (SSSR count). The van der Waals surface area contributed by atoms with Crippen molar-refractivity contribution >= 4 is 50.9 Å². The third-order valence-electron chi connectivity index (χ3n) is 2.71. The van der Waals surface area contributed by atoms with E-state index in [4.69, 9.17) is 0 Å². The average Bonchev–Trinajstić information content (AvgIpc) is 2.93. The zero-order valence-corrected chi connectivity index (χ0v) is 14.9. The van der Waals surface area contributed by atoms with E-state index in [2.05, 4.69) is 50.3 Å². The van der Waals surface area contributed by atoms with Gasteiger partial charge in [-0.3, -0.25) is 14.9 Å². The van der Waals surface area contributed by atoms with Crippen molar-refractivity contribution in [2.45, 2.75) is 19.8 Å². The van der Waals surface area contributed by atoms with Gasteiger partial charge in [-0.15, -0.1) is 10.2 Å². The second kappa shape index (κ2) is 8.18. The van der Waals surface area contributed by atoms with Crippen LogP contribution in [0.25, 0.3) is 0 Å². The van der Waals surface area contributed by atoms with Crippen LogP contribution in [0.5, 0.6) is 0 Å². The Morgan fingerprint density at radius 3 is 2.77 bits per heavy atom. The van der Waals surface area contributed by atoms with E-state index in [1.165, 1.54) is 11.3 Å². The third-order valence-corrected chi connectivity index (χ3v) is 4.54. The maximum Gasteiger partial charge on any atom is 0.252 e. The largest absolute Gasteiger partial charge is 0.343 e. The number of aryl methyl sites for hydroxylation is 1. The second-order valence-electron chi connectivity index (χ2n) is 4.46. The molecule has 1 heterocycles. The summed E-state index contributed by atoms with van der Waals surface area (Å²) in [5, 5.41) is 14.4. The van der Waals surface area contributed by atoms with Gasteiger partial charge in [-0.25, -0.2) is 0 Å². The lowest BCUT2D eigenvalue weighted by atomic mass is 10.2. The van der Waals surface area contributed by atoms with Crippen LogP contribution in [0.2, 0.25) is 0 Å². The molecule has 0 unspecified atom stereocenters. The Balaban J connectivity index is 1.84. The van der Waals surface area contributed by atoms with Gasteiger partial charge in [-0.1, -0.05) is 30.4 Å². The van der Waals surface area contributed by atoms with Crippen molar-refractivity contribution in [2.24, 2.45) is 0 Å². The van der Waals surface area contributed by atoms with Crippen molar-refractivity contribution in [2.75, 3.05) is 11.9 Å². The van der Waals surface area contributed by atoms with Gasteiger partial charge in [0.2, 0.25) is 11.0 Å². The number of rotatable bonds is 6. The molecule has 0 saturated carbocycles. The van der Waals surface area contributed by atoms with E-state index < -0.39 is 0 Å². The van der Waals surface area contributed by atoms with Crippen molar-refractivity contribution in [1.82, 2.24) is 15.5 Å². The number of aromatic nitrogens is 2. The van der Waals surface area contributed by atoms with Gasteiger partial charge in [0.15, 0.2) is 0 Å². The lowest BCUT2D eigenvalue weighted by molar-refractivity contribution is -0.115. The smallest absolute Gasteiger partial charge is 0.252 e. The maximum absolute atomic E-state index is 12.0. The van der Waals surface area contributed by atoms with Gasteiger partial charge >= 0.3 is 0 Å². The highest BCUT2D eigenvalue weighted by molar-refractivity contribution is 14.1. The number of carbonyl (C=O) groups is 2. The van der Waals surface area contributed by atoms with Gasteiger partial charge < -0.3 is 5.32 Å². The highest BCUT2D eigenvalue weighted by atomic mass is 127. The number of amides is 2. The van der Waals surface area contributed by atoms with Gasteiger partial charge in [-0.05, 0) is 41.1 Å². The fraction of sp³-hybridized carbons (Fsp3) is 0.286. The SMILES string of the molecule is CCCc1nnc(NC(=O)CNC(=O)c2ccccc2I)s1. The molecule has 0 saturated heterocycles. The Morgan fingerprint density at radius 1 is 1.27 bits per heavy atom. The van der Waals surface area contributed by atoms with Gasteiger partial charge in [-0.2, -0.15) is 0 Å². The molecular weight excluding hydrogens is 415 g/mol. The molecule has 0 fully saturated rings. The first kappa shape index (κ1) is 16.8. The molecule has 0 aliphatic rings. The van der Waals surface area contributed by atoms with E-state index in [1.807, 2.05) is 12.1 Å². The molecule has 2 N–H and O–H groups in total. The van der Waals surface area contributed by atoms with Crippen LogP contribution in [0.3, 0.4) is 0 Å². The van der Waals surface area contributed by atoms with Crippen molar-refractivity contribution in [3.63, 3.8) is 0 Å². The van der Waals surface area contributed by atoms with Crippen molar-refractivity contribution in [3.8, 4) is 0 Å². The van der Waals surface area contributed by atoms with E-state index >= 15 is 0 Å². The maximum atomic E-state index is 12.0. The Bertz CT molecular complexity index is 674. The topological polar surface area (TPSA) is 84.0 Å². The number of hydrogen-bond acceptors (Lipinski definition) is 5. The Kier molecular flexibility index (Phi) is 6.25. The molecule has 6 nitrogen and oxygen atoms in total. The first-order valence-electron chi connectivity index (χ1n) is 6.75. The van der Waals surface area contributed by atoms with Crippen molar-refractivity contribution < 1.29 is 9.59 Å². The van der Waals surface area contributed by atoms with Crippen LogP contribution in [0.1, 0.15) is 28.7 Å². The zero-order valence-electron chi connectivity index (χ0n) is 11.9. The number of hydrogen-bond donors (Lipinski definition) is 2. The number of benzene rings is 1. The second-order valence-corrected chi connectivity index (χ2v) is 6.69. The summed E-state index contributed by atoms with van der Waals surface area (Å²) in [5.74, 6) is -0.595. The van der Waals surface area contributed by atoms with Crippen LogP contribution in [-0.2, 0) is 11.2 Å². The molecule has 2 aromatic rings. The van der Waals surface area contributed by atoms with Crippen LogP contribution in [0, 0.1) is 3.57 Å². The van der Waals surface area contributed by atoms with E-state index in [0.717, 1.165) is 21.4 Å². The summed E-state index contributed by atoms with van der Waals surface area (Å²) < 4.78 is 0.839. The van der Waals surface area contributed by atoms with E-state index in [0.29, 0.717) is 10.7 Å². The summed E-state index contributed by atoms with van der Waals surface area (Å²) in [6.07, 6.45) is 1.82. The fourth-order valence-electron chi connectivity index (χ4n) is 1.68. The predicted octanol–water partition coefficient (Wildman–Crippen LogP) is 2.46.